The summed E-state index contributed by atoms with van der Waals surface area (Å²) in [6.07, 6.45) is 7.94. The normalized spacial score (nSPS) is 10.5. The van der Waals surface area contributed by atoms with Crippen LogP contribution in [0.4, 0.5) is 34.1 Å². The van der Waals surface area contributed by atoms with Crippen molar-refractivity contribution in [2.45, 2.75) is 161 Å². The molecule has 103 heavy (non-hydrogen) atoms. The molecule has 11 aromatic rings. The number of hydrogen-bond acceptors (Lipinski definition) is 7. The number of hydrogen-bond donors (Lipinski definition) is 1. The Bertz CT molecular complexity index is 3500. The van der Waals surface area contributed by atoms with Gasteiger partial charge in [-0.15, -0.1) is 11.6 Å². The van der Waals surface area contributed by atoms with E-state index >= 15 is 0 Å². The number of fused-ring (bicyclic) bond motifs is 6. The van der Waals surface area contributed by atoms with Crippen molar-refractivity contribution in [3.63, 3.8) is 0 Å². The molecule has 0 saturated carbocycles. The van der Waals surface area contributed by atoms with Crippen molar-refractivity contribution in [3.8, 4) is 0 Å². The molecule has 9 heteroatoms. The van der Waals surface area contributed by atoms with Gasteiger partial charge in [0, 0.05) is 48.3 Å². The number of alkyl halides is 1. The van der Waals surface area contributed by atoms with Crippen molar-refractivity contribution < 1.29 is 35.0 Å². The summed E-state index contributed by atoms with van der Waals surface area (Å²) in [7, 11) is 0. The monoisotopic (exact) mass is 1460 g/mol. The van der Waals surface area contributed by atoms with Crippen LogP contribution in [0.2, 0.25) is 0 Å². The number of rotatable bonds is 10. The van der Waals surface area contributed by atoms with Crippen LogP contribution in [0.5, 0.6) is 0 Å². The van der Waals surface area contributed by atoms with Crippen molar-refractivity contribution in [2.75, 3.05) is 34.1 Å². The molecule has 11 aromatic carbocycles. The third-order valence-corrected chi connectivity index (χ3v) is 18.2. The van der Waals surface area contributed by atoms with Crippen molar-refractivity contribution in [1.29, 1.82) is 0 Å². The summed E-state index contributed by atoms with van der Waals surface area (Å²) >= 11 is 10.5. The Morgan fingerprint density at radius 2 is 0.573 bits per heavy atom. The average molecular weight is 1470 g/mol. The Labute approximate surface area is 668 Å². The van der Waals surface area contributed by atoms with Crippen molar-refractivity contribution in [1.82, 2.24) is 0 Å². The summed E-state index contributed by atoms with van der Waals surface area (Å²) in [5, 5.41) is 3.42. The SMILES string of the molecule is C.C.C.C.C.C.C=Cc1ccccc1.C=Cc1ccccc1.C=Cc1ccccc1.CC.CC.CCC(CC(C)c1ccccc1)c1ccccc1.CCCl.CCN1c2ccccc2Sc2ccccc21.CCN1c2ccccc2Sc2ccccc21.[Na+].[OH-].c1ccc2c(c1)Nc1ccccc1S2. The van der Waals surface area contributed by atoms with E-state index in [1.54, 1.807) is 0 Å². The molecule has 0 bridgehead atoms. The fourth-order valence-electron chi connectivity index (χ4n) is 10.2. The van der Waals surface area contributed by atoms with E-state index in [-0.39, 0.29) is 79.6 Å². The Morgan fingerprint density at radius 1 is 0.350 bits per heavy atom. The molecule has 2 N–H and O–H groups in total. The van der Waals surface area contributed by atoms with Crippen LogP contribution in [0.1, 0.15) is 159 Å². The average Bonchev–Trinajstić information content (AvgIpc) is 0.792. The van der Waals surface area contributed by atoms with Gasteiger partial charge in [-0.1, -0.05) is 391 Å². The Morgan fingerprint density at radius 3 is 0.825 bits per heavy atom. The van der Waals surface area contributed by atoms with Gasteiger partial charge in [0.05, 0.1) is 34.1 Å². The summed E-state index contributed by atoms with van der Waals surface area (Å²) in [6, 6.07) is 103. The van der Waals surface area contributed by atoms with E-state index in [4.69, 9.17) is 11.6 Å². The molecule has 0 aliphatic carbocycles. The maximum atomic E-state index is 5.00. The second-order valence-electron chi connectivity index (χ2n) is 21.0. The number of para-hydroxylation sites is 6. The Hall–Kier alpha value is -7.66. The Kier molecular flexibility index (Phi) is 60.0. The molecule has 14 rings (SSSR count). The van der Waals surface area contributed by atoms with Crippen LogP contribution in [-0.2, 0) is 0 Å². The van der Waals surface area contributed by atoms with E-state index in [0.717, 1.165) is 19.0 Å². The fourth-order valence-corrected chi connectivity index (χ4v) is 13.4. The molecule has 0 radical (unpaired) electrons. The van der Waals surface area contributed by atoms with E-state index in [2.05, 4.69) is 269 Å². The van der Waals surface area contributed by atoms with Gasteiger partial charge >= 0.3 is 29.6 Å². The van der Waals surface area contributed by atoms with E-state index in [9.17, 15) is 0 Å². The molecule has 3 heterocycles. The van der Waals surface area contributed by atoms with Crippen LogP contribution < -0.4 is 44.7 Å². The molecule has 2 unspecified atom stereocenters. The Balaban J connectivity index is -0.000000549. The third-order valence-electron chi connectivity index (χ3n) is 14.8. The number of anilines is 6. The molecule has 0 saturated heterocycles. The maximum absolute atomic E-state index is 5.00. The van der Waals surface area contributed by atoms with Crippen LogP contribution in [0, 0.1) is 0 Å². The van der Waals surface area contributed by atoms with Gasteiger partial charge < -0.3 is 20.6 Å². The summed E-state index contributed by atoms with van der Waals surface area (Å²) < 4.78 is 0. The molecular formula is C94H123ClN3NaOS3. The van der Waals surface area contributed by atoms with Crippen LogP contribution in [-0.4, -0.2) is 24.4 Å². The van der Waals surface area contributed by atoms with Crippen molar-refractivity contribution in [2.24, 2.45) is 0 Å². The summed E-state index contributed by atoms with van der Waals surface area (Å²) in [6.45, 7) is 31.8. The number of benzene rings is 11. The molecule has 546 valence electrons. The van der Waals surface area contributed by atoms with Crippen LogP contribution in [0.25, 0.3) is 18.2 Å². The molecule has 0 spiro atoms. The van der Waals surface area contributed by atoms with Gasteiger partial charge in [-0.05, 0) is 139 Å². The second kappa shape index (κ2) is 60.7. The van der Waals surface area contributed by atoms with Gasteiger partial charge in [0.1, 0.15) is 0 Å². The van der Waals surface area contributed by atoms with Crippen LogP contribution in [0.15, 0.2) is 346 Å². The third kappa shape index (κ3) is 33.8. The predicted molar refractivity (Wildman–Crippen MR) is 470 cm³/mol. The van der Waals surface area contributed by atoms with E-state index in [0.29, 0.717) is 11.8 Å². The summed E-state index contributed by atoms with van der Waals surface area (Å²) in [5.74, 6) is 2.01. The minimum atomic E-state index is 0. The smallest absolute Gasteiger partial charge is 0.870 e. The molecule has 0 aromatic heterocycles. The number of nitrogens with one attached hydrogen (secondary N) is 1. The van der Waals surface area contributed by atoms with Gasteiger partial charge in [0.2, 0.25) is 0 Å². The predicted octanol–water partition coefficient (Wildman–Crippen LogP) is 28.8. The van der Waals surface area contributed by atoms with Crippen LogP contribution >= 0.6 is 46.9 Å². The zero-order valence-electron chi connectivity index (χ0n) is 58.8. The first-order chi connectivity index (χ1) is 46.7. The summed E-state index contributed by atoms with van der Waals surface area (Å²) in [4.78, 5) is 12.7. The van der Waals surface area contributed by atoms with Gasteiger partial charge in [0.15, 0.2) is 0 Å². The summed E-state index contributed by atoms with van der Waals surface area (Å²) in [5.41, 5.74) is 14.2. The zero-order valence-corrected chi connectivity index (χ0v) is 64.0. The second-order valence-corrected chi connectivity index (χ2v) is 24.7. The molecule has 3 aliphatic heterocycles. The van der Waals surface area contributed by atoms with E-state index in [1.807, 2.05) is 179 Å². The molecule has 3 aliphatic rings. The first kappa shape index (κ1) is 102. The zero-order chi connectivity index (χ0) is 68.3. The molecule has 4 nitrogen and oxygen atoms in total. The minimum Gasteiger partial charge on any atom is -0.870 e. The standard InChI is InChI=1S/C18H22.2C14H13NS.C12H9NS.3C8H8.C2H5Cl.2C2H6.6CH4.Na.H2O/c1-3-16(18-12-8-5-9-13-18)14-15(2)17-10-6-4-7-11-17;2*1-2-15-11-7-3-5-9-13(11)16-14-10-6-4-8-12(14)15;1-3-7-11-9(5-1)13-10-6-2-4-8-12(10)14-11;3*1-2-8-6-4-3-5-7-8;1-2-3;2*1-2;;;;;;;;/h4-13,15-16H,3,14H2,1-2H3;2*3-10H,2H2,1H3;1-8,13H;3*2-7H,1H2;2H2,1H3;2*1-2H3;6*1H4;;1H2/q;;;;;;;;;;;;;;;;+1;/p-1. The fraction of sp³-hybridized carbons (Fsp3) is 0.234. The van der Waals surface area contributed by atoms with Crippen LogP contribution in [0.3, 0.4) is 0 Å². The largest absolute Gasteiger partial charge is 1.00 e. The minimum absolute atomic E-state index is 0. The first-order valence-electron chi connectivity index (χ1n) is 33.3. The first-order valence-corrected chi connectivity index (χ1v) is 36.3. The molecule has 2 atom stereocenters. The van der Waals surface area contributed by atoms with E-state index in [1.165, 1.54) is 104 Å². The van der Waals surface area contributed by atoms with Gasteiger partial charge in [-0.3, -0.25) is 0 Å². The topological polar surface area (TPSA) is 48.5 Å². The van der Waals surface area contributed by atoms with Gasteiger partial charge in [-0.2, -0.15) is 0 Å². The van der Waals surface area contributed by atoms with Crippen molar-refractivity contribution >= 4 is 99.2 Å². The molecular weight excluding hydrogens is 1340 g/mol. The number of halogens is 1. The molecule has 0 amide bonds. The number of nitrogens with zero attached hydrogens (tertiary/aromatic N) is 2. The van der Waals surface area contributed by atoms with Crippen molar-refractivity contribution in [3.05, 3.63) is 345 Å². The van der Waals surface area contributed by atoms with Gasteiger partial charge in [-0.25, -0.2) is 0 Å². The van der Waals surface area contributed by atoms with E-state index < -0.39 is 0 Å². The molecule has 0 fully saturated rings. The quantitative estimate of drug-likeness (QED) is 0.108. The van der Waals surface area contributed by atoms with Gasteiger partial charge in [0.25, 0.3) is 0 Å². The maximum Gasteiger partial charge on any atom is 1.00 e.